The van der Waals surface area contributed by atoms with Gasteiger partial charge >= 0.3 is 6.01 Å². The highest BCUT2D eigenvalue weighted by Crippen LogP contribution is 2.46. The molecule has 46 heavy (non-hydrogen) atoms. The molecule has 4 aromatic rings. The third-order valence-corrected chi connectivity index (χ3v) is 9.57. The first-order valence-electron chi connectivity index (χ1n) is 15.3. The lowest BCUT2D eigenvalue weighted by atomic mass is 9.94. The van der Waals surface area contributed by atoms with Crippen LogP contribution in [0.5, 0.6) is 11.8 Å². The number of carbonyl (C=O) groups is 1. The minimum atomic E-state index is -2.84. The average Bonchev–Trinajstić information content (AvgIpc) is 3.51. The maximum atomic E-state index is 16.7. The molecule has 7 rings (SSSR count). The molecule has 0 spiro atoms. The number of phenolic OH excluding ortho intramolecular Hbond substituents is 1. The SMILES string of the molecule is C=CC(=O)N1CCN(c2nc(OC[C@@]34CCCN3CC(F)(F)C4)nc3c(F)c(-c4cc(O)cc5cccc(F)c45)ccc23)[C@H](C)C1. The van der Waals surface area contributed by atoms with Gasteiger partial charge in [0.15, 0.2) is 5.82 Å². The number of piperazine rings is 1. The summed E-state index contributed by atoms with van der Waals surface area (Å²) in [6.07, 6.45) is 2.22. The summed E-state index contributed by atoms with van der Waals surface area (Å²) in [5.41, 5.74) is -0.808. The third-order valence-electron chi connectivity index (χ3n) is 9.57. The minimum Gasteiger partial charge on any atom is -0.508 e. The predicted octanol–water partition coefficient (Wildman–Crippen LogP) is 5.91. The molecule has 1 amide bonds. The Morgan fingerprint density at radius 1 is 1.13 bits per heavy atom. The number of phenols is 1. The average molecular weight is 636 g/mol. The number of aromatic nitrogens is 2. The molecule has 0 saturated carbocycles. The molecule has 0 bridgehead atoms. The van der Waals surface area contributed by atoms with Crippen LogP contribution in [0.15, 0.2) is 55.1 Å². The molecule has 0 radical (unpaired) electrons. The van der Waals surface area contributed by atoms with Crippen LogP contribution in [0, 0.1) is 11.6 Å². The molecule has 3 saturated heterocycles. The molecule has 3 aliphatic heterocycles. The lowest BCUT2D eigenvalue weighted by Gasteiger charge is -2.40. The van der Waals surface area contributed by atoms with Crippen LogP contribution in [-0.2, 0) is 4.79 Å². The lowest BCUT2D eigenvalue weighted by Crippen LogP contribution is -2.53. The van der Waals surface area contributed by atoms with E-state index in [1.54, 1.807) is 21.9 Å². The summed E-state index contributed by atoms with van der Waals surface area (Å²) >= 11 is 0. The van der Waals surface area contributed by atoms with Gasteiger partial charge in [0.05, 0.1) is 12.1 Å². The summed E-state index contributed by atoms with van der Waals surface area (Å²) in [5.74, 6) is -4.17. The van der Waals surface area contributed by atoms with E-state index in [2.05, 4.69) is 11.6 Å². The second-order valence-corrected chi connectivity index (χ2v) is 12.6. The topological polar surface area (TPSA) is 82.0 Å². The molecule has 240 valence electrons. The van der Waals surface area contributed by atoms with Crippen LogP contribution >= 0.6 is 0 Å². The Labute approximate surface area is 262 Å². The van der Waals surface area contributed by atoms with Crippen LogP contribution in [0.3, 0.4) is 0 Å². The van der Waals surface area contributed by atoms with E-state index in [9.17, 15) is 18.7 Å². The van der Waals surface area contributed by atoms with Crippen molar-refractivity contribution in [1.29, 1.82) is 0 Å². The Morgan fingerprint density at radius 3 is 2.74 bits per heavy atom. The first-order chi connectivity index (χ1) is 22.0. The van der Waals surface area contributed by atoms with E-state index in [4.69, 9.17) is 9.72 Å². The van der Waals surface area contributed by atoms with Crippen molar-refractivity contribution in [1.82, 2.24) is 19.8 Å². The molecule has 4 heterocycles. The van der Waals surface area contributed by atoms with Crippen molar-refractivity contribution in [2.24, 2.45) is 0 Å². The zero-order chi connectivity index (χ0) is 32.4. The molecule has 3 aromatic carbocycles. The molecule has 3 fully saturated rings. The number of anilines is 1. The first kappa shape index (κ1) is 30.2. The molecule has 0 unspecified atom stereocenters. The number of hydrogen-bond acceptors (Lipinski definition) is 7. The Hall–Kier alpha value is -4.45. The van der Waals surface area contributed by atoms with Gasteiger partial charge in [0.1, 0.15) is 29.5 Å². The fourth-order valence-electron chi connectivity index (χ4n) is 7.47. The maximum absolute atomic E-state index is 16.7. The quantitative estimate of drug-likeness (QED) is 0.209. The fourth-order valence-corrected chi connectivity index (χ4v) is 7.47. The number of fused-ring (bicyclic) bond motifs is 3. The number of hydrogen-bond donors (Lipinski definition) is 1. The van der Waals surface area contributed by atoms with E-state index in [-0.39, 0.29) is 65.3 Å². The van der Waals surface area contributed by atoms with Gasteiger partial charge in [-0.25, -0.2) is 17.6 Å². The second-order valence-electron chi connectivity index (χ2n) is 12.6. The van der Waals surface area contributed by atoms with Gasteiger partial charge in [0.2, 0.25) is 5.91 Å². The molecule has 3 aliphatic rings. The highest BCUT2D eigenvalue weighted by Gasteiger charge is 2.57. The number of carbonyl (C=O) groups excluding carboxylic acids is 1. The number of aromatic hydroxyl groups is 1. The van der Waals surface area contributed by atoms with E-state index in [0.29, 0.717) is 49.2 Å². The highest BCUT2D eigenvalue weighted by atomic mass is 19.3. The number of ether oxygens (including phenoxy) is 1. The number of alkyl halides is 2. The highest BCUT2D eigenvalue weighted by molar-refractivity contribution is 6.01. The number of benzene rings is 3. The van der Waals surface area contributed by atoms with Crippen LogP contribution in [0.1, 0.15) is 26.2 Å². The summed E-state index contributed by atoms with van der Waals surface area (Å²) in [6, 6.07) is 9.87. The van der Waals surface area contributed by atoms with Crippen LogP contribution < -0.4 is 9.64 Å². The molecule has 1 N–H and O–H groups in total. The molecule has 12 heteroatoms. The third kappa shape index (κ3) is 5.08. The molecule has 8 nitrogen and oxygen atoms in total. The van der Waals surface area contributed by atoms with E-state index in [1.807, 2.05) is 11.8 Å². The van der Waals surface area contributed by atoms with Gasteiger partial charge < -0.3 is 19.6 Å². The molecule has 1 aromatic heterocycles. The molecular formula is C34H33F4N5O3. The molecule has 2 atom stereocenters. The first-order valence-corrected chi connectivity index (χ1v) is 15.3. The van der Waals surface area contributed by atoms with Crippen molar-refractivity contribution in [3.8, 4) is 22.9 Å². The van der Waals surface area contributed by atoms with Crippen molar-refractivity contribution >= 4 is 33.4 Å². The summed E-state index contributed by atoms with van der Waals surface area (Å²) in [5, 5.41) is 11.3. The van der Waals surface area contributed by atoms with Crippen molar-refractivity contribution in [2.75, 3.05) is 44.2 Å². The van der Waals surface area contributed by atoms with E-state index in [0.717, 1.165) is 6.42 Å². The van der Waals surface area contributed by atoms with Crippen molar-refractivity contribution in [3.05, 3.63) is 66.8 Å². The smallest absolute Gasteiger partial charge is 0.319 e. The normalized spacial score (nSPS) is 22.8. The summed E-state index contributed by atoms with van der Waals surface area (Å²) in [7, 11) is 0. The number of amides is 1. The van der Waals surface area contributed by atoms with Gasteiger partial charge in [-0.2, -0.15) is 9.97 Å². The van der Waals surface area contributed by atoms with Crippen LogP contribution in [0.25, 0.3) is 32.8 Å². The fraction of sp³-hybridized carbons (Fsp3) is 0.382. The number of halogens is 4. The van der Waals surface area contributed by atoms with E-state index in [1.165, 1.54) is 36.4 Å². The largest absolute Gasteiger partial charge is 0.508 e. The van der Waals surface area contributed by atoms with Gasteiger partial charge in [-0.3, -0.25) is 9.69 Å². The van der Waals surface area contributed by atoms with Crippen molar-refractivity contribution in [2.45, 2.75) is 43.7 Å². The molecular weight excluding hydrogens is 602 g/mol. The summed E-state index contributed by atoms with van der Waals surface area (Å²) in [6.45, 7) is 6.73. The van der Waals surface area contributed by atoms with Gasteiger partial charge in [-0.1, -0.05) is 24.8 Å². The zero-order valence-corrected chi connectivity index (χ0v) is 25.3. The standard InChI is InChI=1S/C34H33F4N5O3/c1-3-27(45)41-12-13-43(20(2)16-41)31-24-9-8-23(25-15-22(44)14-21-6-4-7-26(35)28(21)25)29(36)30(24)39-32(40-31)46-19-33-10-5-11-42(33)18-34(37,38)17-33/h3-4,6-9,14-15,20,44H,1,5,10-13,16-19H2,2H3/t20-,33+/m1/s1. The minimum absolute atomic E-state index is 0.0135. The van der Waals surface area contributed by atoms with Gasteiger partial charge in [-0.05, 0) is 67.6 Å². The number of nitrogens with zero attached hydrogens (tertiary/aromatic N) is 5. The lowest BCUT2D eigenvalue weighted by molar-refractivity contribution is -0.126. The molecule has 0 aliphatic carbocycles. The van der Waals surface area contributed by atoms with Crippen LogP contribution in [0.4, 0.5) is 23.4 Å². The van der Waals surface area contributed by atoms with Gasteiger partial charge in [0, 0.05) is 48.4 Å². The van der Waals surface area contributed by atoms with Gasteiger partial charge in [-0.15, -0.1) is 0 Å². The zero-order valence-electron chi connectivity index (χ0n) is 25.3. The predicted molar refractivity (Wildman–Crippen MR) is 166 cm³/mol. The van der Waals surface area contributed by atoms with E-state index < -0.39 is 23.1 Å². The Bertz CT molecular complexity index is 1890. The Morgan fingerprint density at radius 2 is 1.96 bits per heavy atom. The monoisotopic (exact) mass is 635 g/mol. The summed E-state index contributed by atoms with van der Waals surface area (Å²) in [4.78, 5) is 26.8. The Balaban J connectivity index is 1.34. The maximum Gasteiger partial charge on any atom is 0.319 e. The van der Waals surface area contributed by atoms with Crippen molar-refractivity contribution < 1.29 is 32.2 Å². The van der Waals surface area contributed by atoms with Crippen LogP contribution in [-0.4, -0.2) is 87.6 Å². The number of rotatable bonds is 6. The second kappa shape index (κ2) is 11.1. The Kier molecular flexibility index (Phi) is 7.30. The van der Waals surface area contributed by atoms with E-state index >= 15 is 8.78 Å². The van der Waals surface area contributed by atoms with Crippen LogP contribution in [0.2, 0.25) is 0 Å². The van der Waals surface area contributed by atoms with Gasteiger partial charge in [0.25, 0.3) is 5.92 Å². The van der Waals surface area contributed by atoms with Crippen molar-refractivity contribution in [3.63, 3.8) is 0 Å². The summed E-state index contributed by atoms with van der Waals surface area (Å²) < 4.78 is 66.8.